The Labute approximate surface area is 277 Å². The Morgan fingerprint density at radius 3 is 2.42 bits per heavy atom. The Morgan fingerprint density at radius 2 is 1.67 bits per heavy atom. The number of benzene rings is 3. The van der Waals surface area contributed by atoms with Crippen LogP contribution in [-0.2, 0) is 26.5 Å². The summed E-state index contributed by atoms with van der Waals surface area (Å²) in [6.07, 6.45) is 1.01. The van der Waals surface area contributed by atoms with Crippen molar-refractivity contribution in [3.8, 4) is 22.5 Å². The molecule has 0 N–H and O–H groups in total. The summed E-state index contributed by atoms with van der Waals surface area (Å²) in [5.74, 6) is 0. The number of nitrogens with zero attached hydrogens (tertiary/aromatic N) is 3. The van der Waals surface area contributed by atoms with Gasteiger partial charge in [-0.15, -0.1) is 54.1 Å². The fourth-order valence-electron chi connectivity index (χ4n) is 4.75. The Kier molecular flexibility index (Phi) is 6.29. The molecule has 0 atom stereocenters. The van der Waals surface area contributed by atoms with Crippen molar-refractivity contribution >= 4 is 32.8 Å². The maximum atomic E-state index is 8.81. The van der Waals surface area contributed by atoms with Gasteiger partial charge in [-0.3, -0.25) is 0 Å². The van der Waals surface area contributed by atoms with Crippen LogP contribution in [0.2, 0.25) is 0 Å². The fraction of sp³-hybridized carbons (Fsp3) is 0.184. The van der Waals surface area contributed by atoms with Gasteiger partial charge >= 0.3 is 0 Å². The molecule has 4 nitrogen and oxygen atoms in total. The minimum atomic E-state index is -2.56. The Morgan fingerprint density at radius 1 is 0.837 bits per heavy atom. The standard InChI is InChI=1S/C27H25N2O.C11H8N.Ir/c1-16-15-28-23(13-19(16)14-27(3,4)5)22-8-6-7-20-21-12-11-18-10-9-17(2)29-24(18)26(21)30-25(20)22;1-2-6-10(7-3-1)11-8-4-5-9-12-11;/h6-7,9-13,15H,14H2,1-5H3;1-6,8-9H;/q2*-1;/i1D3,2D3,14D2;;. The summed E-state index contributed by atoms with van der Waals surface area (Å²) in [7, 11) is 0. The normalized spacial score (nSPS) is 15.0. The number of pyridine rings is 3. The second-order valence-corrected chi connectivity index (χ2v) is 10.9. The molecular formula is C38H33IrN3O-2. The zero-order valence-corrected chi connectivity index (χ0v) is 26.2. The minimum absolute atomic E-state index is 0. The third-order valence-electron chi connectivity index (χ3n) is 6.58. The molecule has 0 saturated heterocycles. The van der Waals surface area contributed by atoms with Crippen LogP contribution in [0.4, 0.5) is 0 Å². The van der Waals surface area contributed by atoms with Gasteiger partial charge in [0.05, 0.1) is 5.58 Å². The van der Waals surface area contributed by atoms with E-state index in [0.717, 1.165) is 27.4 Å². The van der Waals surface area contributed by atoms with Crippen molar-refractivity contribution in [2.24, 2.45) is 5.41 Å². The molecule has 217 valence electrons. The summed E-state index contributed by atoms with van der Waals surface area (Å²) < 4.78 is 71.0. The molecule has 7 rings (SSSR count). The van der Waals surface area contributed by atoms with Crippen molar-refractivity contribution in [3.63, 3.8) is 0 Å². The van der Waals surface area contributed by atoms with Gasteiger partial charge in [-0.1, -0.05) is 73.7 Å². The number of rotatable bonds is 3. The van der Waals surface area contributed by atoms with Gasteiger partial charge in [-0.25, -0.2) is 4.98 Å². The van der Waals surface area contributed by atoms with Crippen molar-refractivity contribution in [2.45, 2.75) is 40.8 Å². The van der Waals surface area contributed by atoms with E-state index in [4.69, 9.17) is 15.4 Å². The number of fused-ring (bicyclic) bond motifs is 5. The molecule has 0 aliphatic heterocycles. The average molecular weight is 748 g/mol. The van der Waals surface area contributed by atoms with E-state index < -0.39 is 25.5 Å². The molecule has 7 aromatic rings. The first-order chi connectivity index (χ1) is 23.5. The van der Waals surface area contributed by atoms with Crippen LogP contribution in [0.25, 0.3) is 55.4 Å². The zero-order valence-electron chi connectivity index (χ0n) is 31.8. The summed E-state index contributed by atoms with van der Waals surface area (Å²) in [6, 6.07) is 31.8. The molecule has 0 aliphatic rings. The van der Waals surface area contributed by atoms with Crippen LogP contribution >= 0.6 is 0 Å². The fourth-order valence-corrected chi connectivity index (χ4v) is 4.75. The largest absolute Gasteiger partial charge is 0.498 e. The second-order valence-electron chi connectivity index (χ2n) is 10.9. The predicted octanol–water partition coefficient (Wildman–Crippen LogP) is 9.75. The number of hydrogen-bond donors (Lipinski definition) is 0. The van der Waals surface area contributed by atoms with Crippen LogP contribution in [0.5, 0.6) is 0 Å². The SMILES string of the molecule is [2H]C([2H])([2H])c1ccc2ccc3c4cc[c-]c(-c5cc(C([2H])([2H])C(C)(C)C)c(C([2H])([2H])[2H])cn5)c4oc3c2n1.[Ir].[c-]1ccccc1-c1ccccn1. The van der Waals surface area contributed by atoms with E-state index in [2.05, 4.69) is 27.1 Å². The van der Waals surface area contributed by atoms with Crippen LogP contribution < -0.4 is 0 Å². The zero-order chi connectivity index (χ0) is 36.1. The molecule has 0 spiro atoms. The molecule has 4 heterocycles. The van der Waals surface area contributed by atoms with Crippen LogP contribution in [0.3, 0.4) is 0 Å². The number of hydrogen-bond acceptors (Lipinski definition) is 4. The van der Waals surface area contributed by atoms with Gasteiger partial charge in [0, 0.05) is 59.9 Å². The first kappa shape index (κ1) is 21.5. The van der Waals surface area contributed by atoms with Gasteiger partial charge < -0.3 is 14.4 Å². The molecule has 1 radical (unpaired) electrons. The monoisotopic (exact) mass is 748 g/mol. The molecule has 5 heteroatoms. The molecule has 0 saturated carbocycles. The smallest absolute Gasteiger partial charge is 0.147 e. The molecule has 43 heavy (non-hydrogen) atoms. The number of aromatic nitrogens is 3. The van der Waals surface area contributed by atoms with E-state index in [1.54, 1.807) is 39.1 Å². The molecule has 4 aromatic heterocycles. The Balaban J connectivity index is 0.000000327. The van der Waals surface area contributed by atoms with E-state index in [-0.39, 0.29) is 36.9 Å². The Bertz CT molecular complexity index is 2280. The van der Waals surface area contributed by atoms with E-state index in [1.807, 2.05) is 60.7 Å². The average Bonchev–Trinajstić information content (AvgIpc) is 3.47. The van der Waals surface area contributed by atoms with E-state index in [0.29, 0.717) is 27.9 Å². The van der Waals surface area contributed by atoms with Gasteiger partial charge in [0.2, 0.25) is 0 Å². The van der Waals surface area contributed by atoms with E-state index in [1.165, 1.54) is 18.3 Å². The van der Waals surface area contributed by atoms with E-state index >= 15 is 0 Å². The quantitative estimate of drug-likeness (QED) is 0.169. The van der Waals surface area contributed by atoms with Gasteiger partial charge in [0.15, 0.2) is 0 Å². The summed E-state index contributed by atoms with van der Waals surface area (Å²) in [5.41, 5.74) is 2.93. The second kappa shape index (κ2) is 12.6. The molecule has 0 amide bonds. The third kappa shape index (κ3) is 6.59. The summed E-state index contributed by atoms with van der Waals surface area (Å²) >= 11 is 0. The molecule has 0 bridgehead atoms. The van der Waals surface area contributed by atoms with Crippen molar-refractivity contribution < 1.29 is 35.5 Å². The van der Waals surface area contributed by atoms with Crippen LogP contribution in [0.1, 0.15) is 48.6 Å². The first-order valence-electron chi connectivity index (χ1n) is 17.5. The van der Waals surface area contributed by atoms with Crippen LogP contribution in [-0.4, -0.2) is 15.0 Å². The van der Waals surface area contributed by atoms with Crippen molar-refractivity contribution in [1.82, 2.24) is 15.0 Å². The van der Waals surface area contributed by atoms with Gasteiger partial charge in [-0.05, 0) is 54.6 Å². The molecule has 0 fully saturated rings. The molecule has 3 aromatic carbocycles. The maximum Gasteiger partial charge on any atom is 0.147 e. The summed E-state index contributed by atoms with van der Waals surface area (Å²) in [4.78, 5) is 13.0. The molecular weight excluding hydrogens is 707 g/mol. The van der Waals surface area contributed by atoms with Crippen LogP contribution in [0, 0.1) is 31.3 Å². The molecule has 0 unspecified atom stereocenters. The topological polar surface area (TPSA) is 51.8 Å². The maximum absolute atomic E-state index is 8.81. The van der Waals surface area contributed by atoms with Crippen molar-refractivity contribution in [3.05, 3.63) is 126 Å². The summed E-state index contributed by atoms with van der Waals surface area (Å²) in [6.45, 7) is 0.216. The first-order valence-corrected chi connectivity index (χ1v) is 13.5. The minimum Gasteiger partial charge on any atom is -0.498 e. The van der Waals surface area contributed by atoms with Gasteiger partial charge in [-0.2, -0.15) is 0 Å². The van der Waals surface area contributed by atoms with Crippen LogP contribution in [0.15, 0.2) is 102 Å². The van der Waals surface area contributed by atoms with Gasteiger partial charge in [0.25, 0.3) is 0 Å². The van der Waals surface area contributed by atoms with Crippen molar-refractivity contribution in [2.75, 3.05) is 0 Å². The third-order valence-corrected chi connectivity index (χ3v) is 6.58. The number of furan rings is 1. The predicted molar refractivity (Wildman–Crippen MR) is 172 cm³/mol. The molecule has 0 aliphatic carbocycles. The van der Waals surface area contributed by atoms with Crippen molar-refractivity contribution in [1.29, 1.82) is 0 Å². The number of aryl methyl sites for hydroxylation is 2. The summed E-state index contributed by atoms with van der Waals surface area (Å²) in [5, 5.41) is 2.16. The Hall–Kier alpha value is -4.18. The van der Waals surface area contributed by atoms with Gasteiger partial charge in [0.1, 0.15) is 11.1 Å². The van der Waals surface area contributed by atoms with E-state index in [9.17, 15) is 0 Å².